The van der Waals surface area contributed by atoms with Crippen LogP contribution in [0.5, 0.6) is 0 Å². The van der Waals surface area contributed by atoms with Gasteiger partial charge in [-0.2, -0.15) is 17.9 Å². The van der Waals surface area contributed by atoms with E-state index in [-0.39, 0.29) is 0 Å². The molecule has 0 heterocycles. The van der Waals surface area contributed by atoms with Gasteiger partial charge in [-0.15, -0.1) is 0 Å². The third-order valence-corrected chi connectivity index (χ3v) is 5.08. The lowest BCUT2D eigenvalue weighted by atomic mass is 9.85. The van der Waals surface area contributed by atoms with Crippen molar-refractivity contribution in [2.24, 2.45) is 5.73 Å². The summed E-state index contributed by atoms with van der Waals surface area (Å²) in [6.07, 6.45) is 7.30. The summed E-state index contributed by atoms with van der Waals surface area (Å²) in [6.45, 7) is 5.86. The van der Waals surface area contributed by atoms with Gasteiger partial charge in [0.25, 0.3) is 10.2 Å². The van der Waals surface area contributed by atoms with E-state index in [1.54, 1.807) is 0 Å². The summed E-state index contributed by atoms with van der Waals surface area (Å²) in [5, 5.41) is 0. The molecule has 0 saturated heterocycles. The van der Waals surface area contributed by atoms with Crippen LogP contribution in [0.15, 0.2) is 0 Å². The van der Waals surface area contributed by atoms with E-state index in [9.17, 15) is 8.42 Å². The molecule has 114 valence electrons. The highest BCUT2D eigenvalue weighted by atomic mass is 32.2. The highest BCUT2D eigenvalue weighted by Crippen LogP contribution is 2.26. The molecule has 0 radical (unpaired) electrons. The minimum Gasteiger partial charge on any atom is -0.329 e. The van der Waals surface area contributed by atoms with Gasteiger partial charge in [-0.25, -0.2) is 0 Å². The zero-order valence-electron chi connectivity index (χ0n) is 12.5. The van der Waals surface area contributed by atoms with Crippen LogP contribution in [0.25, 0.3) is 0 Å². The van der Waals surface area contributed by atoms with E-state index in [1.807, 2.05) is 20.8 Å². The first kappa shape index (κ1) is 16.9. The van der Waals surface area contributed by atoms with Crippen molar-refractivity contribution >= 4 is 10.2 Å². The Kier molecular flexibility index (Phi) is 5.79. The average molecular weight is 291 g/mol. The summed E-state index contributed by atoms with van der Waals surface area (Å²) < 4.78 is 29.9. The standard InChI is InChI=1S/C13H29N3O2S/c1-12(2,3)15-19(17,18)16-13(11-14)9-7-5-4-6-8-10-13/h15-16H,4-11,14H2,1-3H3. The monoisotopic (exact) mass is 291 g/mol. The molecule has 0 bridgehead atoms. The van der Waals surface area contributed by atoms with E-state index in [1.165, 1.54) is 6.42 Å². The van der Waals surface area contributed by atoms with Crippen molar-refractivity contribution in [1.82, 2.24) is 9.44 Å². The summed E-state index contributed by atoms with van der Waals surface area (Å²) in [5.41, 5.74) is 4.92. The lowest BCUT2D eigenvalue weighted by Gasteiger charge is -2.36. The predicted molar refractivity (Wildman–Crippen MR) is 79.0 cm³/mol. The van der Waals surface area contributed by atoms with Gasteiger partial charge in [0.15, 0.2) is 0 Å². The summed E-state index contributed by atoms with van der Waals surface area (Å²) >= 11 is 0. The number of hydrogen-bond acceptors (Lipinski definition) is 3. The second-order valence-electron chi connectivity index (χ2n) is 6.71. The molecular weight excluding hydrogens is 262 g/mol. The van der Waals surface area contributed by atoms with Crippen molar-refractivity contribution in [1.29, 1.82) is 0 Å². The molecule has 0 unspecified atom stereocenters. The largest absolute Gasteiger partial charge is 0.329 e. The molecule has 0 spiro atoms. The Morgan fingerprint density at radius 1 is 1.05 bits per heavy atom. The zero-order chi connectivity index (χ0) is 14.6. The molecule has 19 heavy (non-hydrogen) atoms. The zero-order valence-corrected chi connectivity index (χ0v) is 13.3. The van der Waals surface area contributed by atoms with Gasteiger partial charge in [0.05, 0.1) is 0 Å². The van der Waals surface area contributed by atoms with Crippen LogP contribution in [-0.2, 0) is 10.2 Å². The van der Waals surface area contributed by atoms with Gasteiger partial charge in [0.2, 0.25) is 0 Å². The fourth-order valence-corrected chi connectivity index (χ4v) is 4.36. The molecule has 0 aromatic rings. The third-order valence-electron chi connectivity index (χ3n) is 3.49. The van der Waals surface area contributed by atoms with Crippen molar-refractivity contribution in [3.05, 3.63) is 0 Å². The molecule has 0 aromatic heterocycles. The first-order valence-corrected chi connectivity index (χ1v) is 8.69. The smallest absolute Gasteiger partial charge is 0.277 e. The van der Waals surface area contributed by atoms with Crippen LogP contribution in [-0.4, -0.2) is 26.0 Å². The van der Waals surface area contributed by atoms with Gasteiger partial charge in [0, 0.05) is 17.6 Å². The van der Waals surface area contributed by atoms with Gasteiger partial charge < -0.3 is 5.73 Å². The molecule has 1 aliphatic rings. The van der Waals surface area contributed by atoms with E-state index in [4.69, 9.17) is 5.73 Å². The van der Waals surface area contributed by atoms with Crippen LogP contribution < -0.4 is 15.2 Å². The van der Waals surface area contributed by atoms with Crippen molar-refractivity contribution in [2.75, 3.05) is 6.54 Å². The Hall–Kier alpha value is -0.170. The molecule has 5 nitrogen and oxygen atoms in total. The molecule has 6 heteroatoms. The molecular formula is C13H29N3O2S. The Bertz CT molecular complexity index is 366. The van der Waals surface area contributed by atoms with E-state index in [0.29, 0.717) is 6.54 Å². The normalized spacial score (nSPS) is 21.7. The fourth-order valence-electron chi connectivity index (χ4n) is 2.64. The fraction of sp³-hybridized carbons (Fsp3) is 1.00. The molecule has 1 fully saturated rings. The summed E-state index contributed by atoms with van der Waals surface area (Å²) in [7, 11) is -3.52. The highest BCUT2D eigenvalue weighted by Gasteiger charge is 2.34. The summed E-state index contributed by atoms with van der Waals surface area (Å²) in [4.78, 5) is 0. The van der Waals surface area contributed by atoms with E-state index in [2.05, 4.69) is 9.44 Å². The van der Waals surface area contributed by atoms with E-state index < -0.39 is 21.3 Å². The second kappa shape index (κ2) is 6.52. The van der Waals surface area contributed by atoms with Crippen molar-refractivity contribution in [3.8, 4) is 0 Å². The van der Waals surface area contributed by atoms with Crippen LogP contribution in [0, 0.1) is 0 Å². The van der Waals surface area contributed by atoms with Gasteiger partial charge in [0.1, 0.15) is 0 Å². The molecule has 0 amide bonds. The Labute approximate surface area is 117 Å². The van der Waals surface area contributed by atoms with E-state index in [0.717, 1.165) is 38.5 Å². The topological polar surface area (TPSA) is 84.2 Å². The van der Waals surface area contributed by atoms with Gasteiger partial charge in [-0.3, -0.25) is 0 Å². The maximum absolute atomic E-state index is 12.2. The summed E-state index contributed by atoms with van der Waals surface area (Å²) in [6, 6.07) is 0. The lowest BCUT2D eigenvalue weighted by Crippen LogP contribution is -2.59. The van der Waals surface area contributed by atoms with Gasteiger partial charge in [-0.05, 0) is 33.6 Å². The van der Waals surface area contributed by atoms with Crippen LogP contribution in [0.3, 0.4) is 0 Å². The SMILES string of the molecule is CC(C)(C)NS(=O)(=O)NC1(CN)CCCCCCC1. The second-order valence-corrected chi connectivity index (χ2v) is 8.12. The maximum atomic E-state index is 12.2. The number of hydrogen-bond donors (Lipinski definition) is 3. The minimum atomic E-state index is -3.52. The molecule has 0 atom stereocenters. The molecule has 0 aromatic carbocycles. The van der Waals surface area contributed by atoms with Crippen LogP contribution >= 0.6 is 0 Å². The minimum absolute atomic E-state index is 0.359. The maximum Gasteiger partial charge on any atom is 0.277 e. The molecule has 1 rings (SSSR count). The Balaban J connectivity index is 2.78. The first-order valence-electron chi connectivity index (χ1n) is 7.21. The average Bonchev–Trinajstić information content (AvgIpc) is 2.18. The van der Waals surface area contributed by atoms with Crippen molar-refractivity contribution < 1.29 is 8.42 Å². The lowest BCUT2D eigenvalue weighted by molar-refractivity contribution is 0.293. The number of nitrogens with two attached hydrogens (primary N) is 1. The Morgan fingerprint density at radius 2 is 1.53 bits per heavy atom. The first-order chi connectivity index (χ1) is 8.68. The van der Waals surface area contributed by atoms with E-state index >= 15 is 0 Å². The summed E-state index contributed by atoms with van der Waals surface area (Å²) in [5.74, 6) is 0. The van der Waals surface area contributed by atoms with Crippen LogP contribution in [0.2, 0.25) is 0 Å². The molecule has 0 aliphatic heterocycles. The Morgan fingerprint density at radius 3 is 1.95 bits per heavy atom. The number of nitrogens with one attached hydrogen (secondary N) is 2. The quantitative estimate of drug-likeness (QED) is 0.736. The van der Waals surface area contributed by atoms with Crippen molar-refractivity contribution in [2.45, 2.75) is 76.8 Å². The van der Waals surface area contributed by atoms with Gasteiger partial charge >= 0.3 is 0 Å². The van der Waals surface area contributed by atoms with Crippen molar-refractivity contribution in [3.63, 3.8) is 0 Å². The van der Waals surface area contributed by atoms with Gasteiger partial charge in [-0.1, -0.05) is 32.1 Å². The predicted octanol–water partition coefficient (Wildman–Crippen LogP) is 1.65. The third kappa shape index (κ3) is 6.21. The van der Waals surface area contributed by atoms with Crippen LogP contribution in [0.4, 0.5) is 0 Å². The van der Waals surface area contributed by atoms with Crippen LogP contribution in [0.1, 0.15) is 65.7 Å². The number of rotatable bonds is 4. The molecule has 4 N–H and O–H groups in total. The molecule has 1 aliphatic carbocycles. The molecule has 1 saturated carbocycles. The highest BCUT2D eigenvalue weighted by molar-refractivity contribution is 7.87.